The molecule has 0 spiro atoms. The number of aliphatic hydroxyl groups excluding tert-OH is 1. The molecule has 1 saturated carbocycles. The Bertz CT molecular complexity index is 672. The van der Waals surface area contributed by atoms with Crippen LogP contribution in [-0.2, 0) is 11.2 Å². The Balaban J connectivity index is 1.60. The first-order valence-electron chi connectivity index (χ1n) is 7.93. The van der Waals surface area contributed by atoms with E-state index in [1.54, 1.807) is 0 Å². The summed E-state index contributed by atoms with van der Waals surface area (Å²) in [4.78, 5) is 19.7. The summed E-state index contributed by atoms with van der Waals surface area (Å²) in [7, 11) is 0. The Morgan fingerprint density at radius 2 is 2.18 bits per heavy atom. The summed E-state index contributed by atoms with van der Waals surface area (Å²) in [6.45, 7) is 2.66. The lowest BCUT2D eigenvalue weighted by Crippen LogP contribution is -2.38. The van der Waals surface area contributed by atoms with Gasteiger partial charge in [0.2, 0.25) is 5.91 Å². The number of carbonyl (C=O) groups excluding carboxylic acids is 1. The van der Waals surface area contributed by atoms with Crippen LogP contribution < -0.4 is 5.32 Å². The molecule has 118 valence electrons. The molecule has 3 N–H and O–H groups in total. The fourth-order valence-corrected chi connectivity index (χ4v) is 3.34. The van der Waals surface area contributed by atoms with Crippen molar-refractivity contribution in [3.8, 4) is 0 Å². The minimum atomic E-state index is -0.0971. The number of H-pyrrole nitrogens is 1. The van der Waals surface area contributed by atoms with E-state index in [0.717, 1.165) is 48.1 Å². The number of aliphatic hydroxyl groups is 1. The number of aryl methyl sites for hydroxylation is 1. The van der Waals surface area contributed by atoms with Gasteiger partial charge in [0, 0.05) is 12.0 Å². The number of nitrogens with one attached hydrogen (secondary N) is 2. The Hall–Kier alpha value is -1.88. The molecule has 0 unspecified atom stereocenters. The molecule has 1 aromatic carbocycles. The van der Waals surface area contributed by atoms with Crippen LogP contribution in [0, 0.1) is 12.3 Å². The number of hydrogen-bond donors (Lipinski definition) is 3. The molecule has 1 heterocycles. The Kier molecular flexibility index (Phi) is 4.16. The van der Waals surface area contributed by atoms with Gasteiger partial charge < -0.3 is 15.4 Å². The zero-order chi connectivity index (χ0) is 15.6. The summed E-state index contributed by atoms with van der Waals surface area (Å²) >= 11 is 0. The van der Waals surface area contributed by atoms with Gasteiger partial charge in [0.15, 0.2) is 0 Å². The molecule has 0 bridgehead atoms. The van der Waals surface area contributed by atoms with Gasteiger partial charge in [-0.3, -0.25) is 4.79 Å². The minimum absolute atomic E-state index is 0.00955. The van der Waals surface area contributed by atoms with Crippen molar-refractivity contribution in [3.05, 3.63) is 29.6 Å². The number of rotatable bonds is 5. The second kappa shape index (κ2) is 6.08. The number of imidazole rings is 1. The molecular weight excluding hydrogens is 278 g/mol. The molecule has 1 aliphatic rings. The molecular formula is C17H23N3O2. The van der Waals surface area contributed by atoms with Crippen molar-refractivity contribution in [2.45, 2.75) is 39.0 Å². The molecule has 3 rings (SSSR count). The maximum atomic E-state index is 12.2. The number of carbonyl (C=O) groups is 1. The van der Waals surface area contributed by atoms with Crippen LogP contribution in [0.4, 0.5) is 0 Å². The fraction of sp³-hybridized carbons (Fsp3) is 0.529. The second-order valence-corrected chi connectivity index (χ2v) is 6.49. The molecule has 22 heavy (non-hydrogen) atoms. The van der Waals surface area contributed by atoms with E-state index < -0.39 is 0 Å². The minimum Gasteiger partial charge on any atom is -0.396 e. The number of benzene rings is 1. The van der Waals surface area contributed by atoms with Gasteiger partial charge in [0.05, 0.1) is 24.1 Å². The molecule has 2 aromatic rings. The van der Waals surface area contributed by atoms with Crippen LogP contribution >= 0.6 is 0 Å². The van der Waals surface area contributed by atoms with E-state index in [1.807, 2.05) is 25.1 Å². The number of aromatic amines is 1. The monoisotopic (exact) mass is 301 g/mol. The third-order valence-electron chi connectivity index (χ3n) is 4.69. The summed E-state index contributed by atoms with van der Waals surface area (Å²) in [6.07, 6.45) is 4.65. The van der Waals surface area contributed by atoms with Crippen LogP contribution in [-0.4, -0.2) is 34.1 Å². The number of nitrogens with zero attached hydrogens (tertiary/aromatic N) is 1. The highest BCUT2D eigenvalue weighted by atomic mass is 16.3. The van der Waals surface area contributed by atoms with Crippen molar-refractivity contribution in [2.24, 2.45) is 5.41 Å². The predicted octanol–water partition coefficient (Wildman–Crippen LogP) is 2.08. The van der Waals surface area contributed by atoms with Gasteiger partial charge in [-0.15, -0.1) is 0 Å². The van der Waals surface area contributed by atoms with Gasteiger partial charge in [0.1, 0.15) is 5.82 Å². The first-order valence-corrected chi connectivity index (χ1v) is 7.93. The fourth-order valence-electron chi connectivity index (χ4n) is 3.34. The quantitative estimate of drug-likeness (QED) is 0.791. The van der Waals surface area contributed by atoms with Crippen LogP contribution in [0.5, 0.6) is 0 Å². The largest absolute Gasteiger partial charge is 0.396 e. The first-order chi connectivity index (χ1) is 10.6. The summed E-state index contributed by atoms with van der Waals surface area (Å²) in [5.74, 6) is 0.887. The molecule has 0 aliphatic heterocycles. The van der Waals surface area contributed by atoms with Crippen LogP contribution in [0.1, 0.15) is 37.1 Å². The van der Waals surface area contributed by atoms with E-state index in [9.17, 15) is 9.90 Å². The maximum Gasteiger partial charge on any atom is 0.224 e. The van der Waals surface area contributed by atoms with Gasteiger partial charge in [0.25, 0.3) is 0 Å². The van der Waals surface area contributed by atoms with Crippen molar-refractivity contribution >= 4 is 16.9 Å². The van der Waals surface area contributed by atoms with E-state index in [2.05, 4.69) is 15.3 Å². The molecule has 1 aliphatic carbocycles. The highest BCUT2D eigenvalue weighted by Crippen LogP contribution is 2.36. The van der Waals surface area contributed by atoms with Crippen molar-refractivity contribution in [1.29, 1.82) is 0 Å². The highest BCUT2D eigenvalue weighted by Gasteiger charge is 2.33. The summed E-state index contributed by atoms with van der Waals surface area (Å²) in [6, 6.07) is 5.86. The average Bonchev–Trinajstić information content (AvgIpc) is 3.11. The number of hydrogen-bond acceptors (Lipinski definition) is 3. The standard InChI is InChI=1S/C17H23N3O2/c1-12-19-14-5-4-13(8-15(14)20-12)9-16(22)18-10-17(11-21)6-2-3-7-17/h4-5,8,21H,2-3,6-7,9-11H2,1H3,(H,18,22)(H,19,20). The lowest BCUT2D eigenvalue weighted by atomic mass is 9.87. The number of fused-ring (bicyclic) bond motifs is 1. The SMILES string of the molecule is Cc1nc2ccc(CC(=O)NCC3(CO)CCCC3)cc2[nH]1. The van der Waals surface area contributed by atoms with E-state index >= 15 is 0 Å². The zero-order valence-electron chi connectivity index (χ0n) is 13.0. The number of amides is 1. The second-order valence-electron chi connectivity index (χ2n) is 6.49. The average molecular weight is 301 g/mol. The normalized spacial score (nSPS) is 17.0. The number of aromatic nitrogens is 2. The predicted molar refractivity (Wildman–Crippen MR) is 85.5 cm³/mol. The molecule has 1 amide bonds. The van der Waals surface area contributed by atoms with E-state index in [-0.39, 0.29) is 17.9 Å². The summed E-state index contributed by atoms with van der Waals surface area (Å²) in [5, 5.41) is 12.6. The van der Waals surface area contributed by atoms with Gasteiger partial charge in [-0.05, 0) is 37.5 Å². The lowest BCUT2D eigenvalue weighted by Gasteiger charge is -2.26. The van der Waals surface area contributed by atoms with Gasteiger partial charge in [-0.2, -0.15) is 0 Å². The van der Waals surface area contributed by atoms with Crippen molar-refractivity contribution in [2.75, 3.05) is 13.2 Å². The first kappa shape index (κ1) is 15.0. The molecule has 5 nitrogen and oxygen atoms in total. The van der Waals surface area contributed by atoms with E-state index in [0.29, 0.717) is 13.0 Å². The maximum absolute atomic E-state index is 12.2. The smallest absolute Gasteiger partial charge is 0.224 e. The van der Waals surface area contributed by atoms with Crippen LogP contribution in [0.2, 0.25) is 0 Å². The Morgan fingerprint density at radius 3 is 2.91 bits per heavy atom. The van der Waals surface area contributed by atoms with Crippen LogP contribution in [0.3, 0.4) is 0 Å². The molecule has 1 fully saturated rings. The molecule has 0 radical (unpaired) electrons. The molecule has 0 atom stereocenters. The van der Waals surface area contributed by atoms with Crippen molar-refractivity contribution in [3.63, 3.8) is 0 Å². The Labute approximate surface area is 130 Å². The highest BCUT2D eigenvalue weighted by molar-refractivity contribution is 5.81. The van der Waals surface area contributed by atoms with E-state index in [4.69, 9.17) is 0 Å². The molecule has 1 aromatic heterocycles. The zero-order valence-corrected chi connectivity index (χ0v) is 13.0. The summed E-state index contributed by atoms with van der Waals surface area (Å²) < 4.78 is 0. The van der Waals surface area contributed by atoms with Crippen molar-refractivity contribution < 1.29 is 9.90 Å². The van der Waals surface area contributed by atoms with Gasteiger partial charge in [-0.1, -0.05) is 18.9 Å². The van der Waals surface area contributed by atoms with Crippen LogP contribution in [0.15, 0.2) is 18.2 Å². The van der Waals surface area contributed by atoms with Crippen LogP contribution in [0.25, 0.3) is 11.0 Å². The van der Waals surface area contributed by atoms with Gasteiger partial charge in [-0.25, -0.2) is 4.98 Å². The summed E-state index contributed by atoms with van der Waals surface area (Å²) in [5.41, 5.74) is 2.76. The topological polar surface area (TPSA) is 78.0 Å². The molecule has 0 saturated heterocycles. The van der Waals surface area contributed by atoms with Crippen molar-refractivity contribution in [1.82, 2.24) is 15.3 Å². The van der Waals surface area contributed by atoms with Gasteiger partial charge >= 0.3 is 0 Å². The lowest BCUT2D eigenvalue weighted by molar-refractivity contribution is -0.121. The molecule has 5 heteroatoms. The van der Waals surface area contributed by atoms with E-state index in [1.165, 1.54) is 0 Å². The Morgan fingerprint density at radius 1 is 1.41 bits per heavy atom. The third-order valence-corrected chi connectivity index (χ3v) is 4.69. The third kappa shape index (κ3) is 3.14.